The summed E-state index contributed by atoms with van der Waals surface area (Å²) >= 11 is 0. The highest BCUT2D eigenvalue weighted by Crippen LogP contribution is 2.61. The monoisotopic (exact) mass is 484 g/mol. The van der Waals surface area contributed by atoms with E-state index in [-0.39, 0.29) is 11.2 Å². The summed E-state index contributed by atoms with van der Waals surface area (Å²) in [6.07, 6.45) is 7.31. The van der Waals surface area contributed by atoms with E-state index in [1.165, 1.54) is 54.9 Å². The molecule has 3 aromatic rings. The Hall–Kier alpha value is -2.81. The van der Waals surface area contributed by atoms with Gasteiger partial charge in [0.05, 0.1) is 7.11 Å². The Morgan fingerprint density at radius 2 is 1.75 bits per heavy atom. The quantitative estimate of drug-likeness (QED) is 0.349. The Balaban J connectivity index is 1.32. The van der Waals surface area contributed by atoms with Gasteiger partial charge in [-0.2, -0.15) is 0 Å². The summed E-state index contributed by atoms with van der Waals surface area (Å²) < 4.78 is 26.8. The third-order valence-electron chi connectivity index (χ3n) is 9.53. The fourth-order valence-electron chi connectivity index (χ4n) is 7.17. The van der Waals surface area contributed by atoms with Gasteiger partial charge >= 0.3 is 0 Å². The van der Waals surface area contributed by atoms with Crippen molar-refractivity contribution in [3.05, 3.63) is 82.7 Å². The lowest BCUT2D eigenvalue weighted by Gasteiger charge is -2.30. The average molecular weight is 485 g/mol. The number of methoxy groups -OCH3 is 1. The molecule has 3 aliphatic rings. The van der Waals surface area contributed by atoms with E-state index in [1.807, 2.05) is 6.07 Å². The highest BCUT2D eigenvalue weighted by molar-refractivity contribution is 5.71. The molecule has 1 spiro atoms. The summed E-state index contributed by atoms with van der Waals surface area (Å²) in [5.41, 5.74) is 7.56. The normalized spacial score (nSPS) is 25.7. The van der Waals surface area contributed by atoms with Crippen LogP contribution in [-0.2, 0) is 18.4 Å². The van der Waals surface area contributed by atoms with Gasteiger partial charge < -0.3 is 9.47 Å². The lowest BCUT2D eigenvalue weighted by molar-refractivity contribution is 0.304. The Bertz CT molecular complexity index is 1310. The van der Waals surface area contributed by atoms with E-state index in [4.69, 9.17) is 9.47 Å². The van der Waals surface area contributed by atoms with Crippen LogP contribution in [0.5, 0.6) is 11.5 Å². The first-order chi connectivity index (χ1) is 17.3. The van der Waals surface area contributed by atoms with E-state index in [1.54, 1.807) is 13.2 Å². The average Bonchev–Trinajstić information content (AvgIpc) is 3.19. The van der Waals surface area contributed by atoms with Crippen LogP contribution in [0.25, 0.3) is 11.1 Å². The van der Waals surface area contributed by atoms with Gasteiger partial charge in [0, 0.05) is 5.56 Å². The maximum absolute atomic E-state index is 15.0. The van der Waals surface area contributed by atoms with Crippen molar-refractivity contribution < 1.29 is 13.9 Å². The lowest BCUT2D eigenvalue weighted by Crippen LogP contribution is -2.17. The fraction of sp³-hybridized carbons (Fsp3) is 0.455. The highest BCUT2D eigenvalue weighted by atomic mass is 19.1. The molecule has 0 aromatic heterocycles. The summed E-state index contributed by atoms with van der Waals surface area (Å²) in [7, 11) is 1.63. The topological polar surface area (TPSA) is 18.5 Å². The van der Waals surface area contributed by atoms with Crippen LogP contribution in [-0.4, -0.2) is 7.11 Å². The second kappa shape index (κ2) is 8.64. The molecule has 3 heteroatoms. The molecule has 188 valence electrons. The van der Waals surface area contributed by atoms with Gasteiger partial charge in [0.15, 0.2) is 0 Å². The standard InChI is InChI=1S/C33H37FO2/c1-21-19-33(21)15-13-23-8-9-25(18-30(23)33)36-20-22-7-11-26(28-17-24(35-4)10-12-31(28)34)27(16-22)29-6-5-14-32(29,2)3/h7-12,16-18,21,29H,5-6,13-15,19-20H2,1-4H3. The van der Waals surface area contributed by atoms with Crippen LogP contribution in [0.2, 0.25) is 0 Å². The number of hydrogen-bond acceptors (Lipinski definition) is 2. The summed E-state index contributed by atoms with van der Waals surface area (Å²) in [6.45, 7) is 7.58. The zero-order valence-electron chi connectivity index (χ0n) is 22.0. The molecular formula is C33H37FO2. The maximum atomic E-state index is 15.0. The molecule has 0 N–H and O–H groups in total. The molecule has 2 saturated carbocycles. The van der Waals surface area contributed by atoms with Crippen molar-refractivity contribution >= 4 is 0 Å². The second-order valence-electron chi connectivity index (χ2n) is 12.1. The molecular weight excluding hydrogens is 447 g/mol. The van der Waals surface area contributed by atoms with Gasteiger partial charge in [-0.25, -0.2) is 4.39 Å². The molecule has 0 aliphatic heterocycles. The van der Waals surface area contributed by atoms with Gasteiger partial charge in [-0.3, -0.25) is 0 Å². The zero-order chi connectivity index (χ0) is 25.1. The first-order valence-electron chi connectivity index (χ1n) is 13.5. The molecule has 2 nitrogen and oxygen atoms in total. The van der Waals surface area contributed by atoms with Crippen molar-refractivity contribution in [2.24, 2.45) is 11.3 Å². The molecule has 36 heavy (non-hydrogen) atoms. The van der Waals surface area contributed by atoms with E-state index >= 15 is 4.39 Å². The van der Waals surface area contributed by atoms with Gasteiger partial charge in [-0.1, -0.05) is 51.5 Å². The molecule has 0 saturated heterocycles. The predicted molar refractivity (Wildman–Crippen MR) is 143 cm³/mol. The van der Waals surface area contributed by atoms with Crippen LogP contribution in [0.3, 0.4) is 0 Å². The number of rotatable bonds is 6. The molecule has 0 heterocycles. The highest BCUT2D eigenvalue weighted by Gasteiger charge is 2.55. The van der Waals surface area contributed by atoms with Crippen LogP contribution in [0.4, 0.5) is 4.39 Å². The molecule has 3 aliphatic carbocycles. The summed E-state index contributed by atoms with van der Waals surface area (Å²) in [6, 6.07) is 18.2. The molecule has 3 atom stereocenters. The maximum Gasteiger partial charge on any atom is 0.131 e. The Labute approximate surface area is 214 Å². The Morgan fingerprint density at radius 3 is 2.47 bits per heavy atom. The van der Waals surface area contributed by atoms with E-state index in [0.717, 1.165) is 29.2 Å². The van der Waals surface area contributed by atoms with Crippen molar-refractivity contribution in [1.29, 1.82) is 0 Å². The summed E-state index contributed by atoms with van der Waals surface area (Å²) in [5.74, 6) is 2.60. The van der Waals surface area contributed by atoms with Crippen LogP contribution in [0.1, 0.15) is 81.0 Å². The van der Waals surface area contributed by atoms with Crippen molar-refractivity contribution in [2.75, 3.05) is 7.11 Å². The number of halogens is 1. The number of aryl methyl sites for hydroxylation is 1. The Morgan fingerprint density at radius 1 is 0.944 bits per heavy atom. The van der Waals surface area contributed by atoms with Crippen LogP contribution in [0.15, 0.2) is 54.6 Å². The molecule has 0 bridgehead atoms. The molecule has 2 fully saturated rings. The minimum atomic E-state index is -0.210. The van der Waals surface area contributed by atoms with Crippen molar-refractivity contribution in [1.82, 2.24) is 0 Å². The van der Waals surface area contributed by atoms with Gasteiger partial charge in [0.25, 0.3) is 0 Å². The fourth-order valence-corrected chi connectivity index (χ4v) is 7.17. The van der Waals surface area contributed by atoms with E-state index in [9.17, 15) is 0 Å². The SMILES string of the molecule is COc1ccc(F)c(-c2ccc(COc3ccc4c(c3)C3(CC4)CC3C)cc2C2CCCC2(C)C)c1. The van der Waals surface area contributed by atoms with Crippen molar-refractivity contribution in [3.63, 3.8) is 0 Å². The summed E-state index contributed by atoms with van der Waals surface area (Å²) in [5, 5.41) is 0. The Kier molecular flexibility index (Phi) is 5.66. The number of ether oxygens (including phenoxy) is 2. The van der Waals surface area contributed by atoms with Gasteiger partial charge in [0.2, 0.25) is 0 Å². The first-order valence-corrected chi connectivity index (χ1v) is 13.5. The number of benzene rings is 3. The minimum absolute atomic E-state index is 0.179. The summed E-state index contributed by atoms with van der Waals surface area (Å²) in [4.78, 5) is 0. The van der Waals surface area contributed by atoms with Crippen LogP contribution >= 0.6 is 0 Å². The third kappa shape index (κ3) is 3.92. The van der Waals surface area contributed by atoms with Crippen molar-refractivity contribution in [3.8, 4) is 22.6 Å². The first kappa shape index (κ1) is 23.6. The van der Waals surface area contributed by atoms with Gasteiger partial charge in [0.1, 0.15) is 23.9 Å². The molecule has 3 unspecified atom stereocenters. The van der Waals surface area contributed by atoms with E-state index in [2.05, 4.69) is 57.2 Å². The molecule has 6 rings (SSSR count). The molecule has 0 amide bonds. The van der Waals surface area contributed by atoms with Crippen molar-refractivity contribution in [2.45, 2.75) is 77.2 Å². The molecule has 3 aromatic carbocycles. The number of fused-ring (bicyclic) bond motifs is 2. The zero-order valence-corrected chi connectivity index (χ0v) is 22.0. The lowest BCUT2D eigenvalue weighted by atomic mass is 9.75. The van der Waals surface area contributed by atoms with Gasteiger partial charge in [-0.15, -0.1) is 0 Å². The van der Waals surface area contributed by atoms with Gasteiger partial charge in [-0.05, 0) is 113 Å². The largest absolute Gasteiger partial charge is 0.497 e. The van der Waals surface area contributed by atoms with E-state index in [0.29, 0.717) is 29.3 Å². The number of hydrogen-bond donors (Lipinski definition) is 0. The second-order valence-corrected chi connectivity index (χ2v) is 12.1. The smallest absolute Gasteiger partial charge is 0.131 e. The van der Waals surface area contributed by atoms with Crippen LogP contribution in [0, 0.1) is 17.2 Å². The predicted octanol–water partition coefficient (Wildman–Crippen LogP) is 8.60. The third-order valence-corrected chi connectivity index (χ3v) is 9.53. The molecule has 0 radical (unpaired) electrons. The van der Waals surface area contributed by atoms with Crippen LogP contribution < -0.4 is 9.47 Å². The minimum Gasteiger partial charge on any atom is -0.497 e. The van der Waals surface area contributed by atoms with E-state index < -0.39 is 0 Å².